The Hall–Kier alpha value is -2.89. The minimum Gasteiger partial charge on any atom is -0.358 e. The van der Waals surface area contributed by atoms with Crippen LogP contribution in [0, 0.1) is 17.1 Å². The molecule has 152 valence electrons. The zero-order valence-corrected chi connectivity index (χ0v) is 15.7. The first kappa shape index (κ1) is 22.4. The second kappa shape index (κ2) is 8.64. The van der Waals surface area contributed by atoms with E-state index in [1.807, 2.05) is 6.07 Å². The van der Waals surface area contributed by atoms with Gasteiger partial charge in [0.25, 0.3) is 0 Å². The van der Waals surface area contributed by atoms with Crippen LogP contribution < -0.4 is 11.1 Å². The Morgan fingerprint density at radius 2 is 1.86 bits per heavy atom. The predicted octanol–water partition coefficient (Wildman–Crippen LogP) is 4.87. The van der Waals surface area contributed by atoms with E-state index < -0.39 is 23.6 Å². The minimum absolute atomic E-state index is 0. The van der Waals surface area contributed by atoms with Crippen molar-refractivity contribution in [3.05, 3.63) is 76.2 Å². The molecule has 1 aliphatic carbocycles. The molecule has 0 aliphatic heterocycles. The normalized spacial score (nSPS) is 15.0. The zero-order valence-electron chi connectivity index (χ0n) is 14.9. The van der Waals surface area contributed by atoms with E-state index in [9.17, 15) is 22.4 Å². The number of ketones is 1. The van der Waals surface area contributed by atoms with Crippen molar-refractivity contribution in [1.29, 1.82) is 5.26 Å². The Balaban J connectivity index is 0.00000300. The van der Waals surface area contributed by atoms with Gasteiger partial charge < -0.3 is 11.1 Å². The molecule has 0 saturated heterocycles. The molecule has 0 saturated carbocycles. The van der Waals surface area contributed by atoms with Crippen LogP contribution in [-0.4, -0.2) is 5.78 Å². The lowest BCUT2D eigenvalue weighted by molar-refractivity contribution is -0.137. The molecule has 1 aliphatic rings. The van der Waals surface area contributed by atoms with Crippen LogP contribution in [0.2, 0.25) is 0 Å². The van der Waals surface area contributed by atoms with Crippen molar-refractivity contribution in [2.24, 2.45) is 5.73 Å². The molecule has 2 aromatic carbocycles. The molecule has 2 aromatic rings. The van der Waals surface area contributed by atoms with Crippen molar-refractivity contribution in [3.8, 4) is 6.07 Å². The highest BCUT2D eigenvalue weighted by Crippen LogP contribution is 2.35. The third kappa shape index (κ3) is 4.75. The van der Waals surface area contributed by atoms with Crippen molar-refractivity contribution >= 4 is 23.9 Å². The van der Waals surface area contributed by atoms with Crippen LogP contribution in [0.5, 0.6) is 0 Å². The van der Waals surface area contributed by atoms with Crippen molar-refractivity contribution in [2.45, 2.75) is 25.1 Å². The number of Topliss-reactive ketones (excluding diaryl/α,β-unsaturated/α-hetero) is 1. The second-order valence-electron chi connectivity index (χ2n) is 6.34. The van der Waals surface area contributed by atoms with Crippen molar-refractivity contribution < 1.29 is 22.4 Å². The lowest BCUT2D eigenvalue weighted by Gasteiger charge is -2.17. The van der Waals surface area contributed by atoms with E-state index in [-0.39, 0.29) is 53.4 Å². The van der Waals surface area contributed by atoms with Crippen molar-refractivity contribution in [2.75, 3.05) is 5.32 Å². The smallest absolute Gasteiger partial charge is 0.358 e. The molecular formula is C20H16ClF4N3O. The fraction of sp³-hybridized carbons (Fsp3) is 0.200. The Morgan fingerprint density at radius 3 is 2.48 bits per heavy atom. The van der Waals surface area contributed by atoms with E-state index in [4.69, 9.17) is 11.0 Å². The SMILES string of the molecule is Cl.N#Cc1ccc(C(N)C2=C(Nc3cccc(C(F)(F)F)c3)CCC2=O)c(F)c1. The molecule has 0 fully saturated rings. The number of allylic oxidation sites excluding steroid dienone is 1. The number of hydrogen-bond donors (Lipinski definition) is 2. The number of nitrogens with one attached hydrogen (secondary N) is 1. The van der Waals surface area contributed by atoms with Crippen LogP contribution in [-0.2, 0) is 11.0 Å². The highest BCUT2D eigenvalue weighted by molar-refractivity contribution is 6.00. The second-order valence-corrected chi connectivity index (χ2v) is 6.34. The van der Waals surface area contributed by atoms with E-state index in [1.165, 1.54) is 24.3 Å². The monoisotopic (exact) mass is 425 g/mol. The molecule has 0 heterocycles. The first-order valence-electron chi connectivity index (χ1n) is 8.36. The van der Waals surface area contributed by atoms with Gasteiger partial charge in [-0.1, -0.05) is 12.1 Å². The number of nitriles is 1. The van der Waals surface area contributed by atoms with Crippen LogP contribution >= 0.6 is 12.4 Å². The van der Waals surface area contributed by atoms with Gasteiger partial charge in [-0.2, -0.15) is 18.4 Å². The number of halogens is 5. The predicted molar refractivity (Wildman–Crippen MR) is 102 cm³/mol. The van der Waals surface area contributed by atoms with Crippen LogP contribution in [0.4, 0.5) is 23.2 Å². The molecule has 0 spiro atoms. The highest BCUT2D eigenvalue weighted by Gasteiger charge is 2.32. The summed E-state index contributed by atoms with van der Waals surface area (Å²) in [5.41, 5.74) is 6.07. The summed E-state index contributed by atoms with van der Waals surface area (Å²) < 4.78 is 53.0. The quantitative estimate of drug-likeness (QED) is 0.685. The molecule has 9 heteroatoms. The summed E-state index contributed by atoms with van der Waals surface area (Å²) in [4.78, 5) is 12.3. The number of carbonyl (C=O) groups excluding carboxylic acids is 1. The van der Waals surface area contributed by atoms with Gasteiger partial charge in [-0.05, 0) is 36.8 Å². The summed E-state index contributed by atoms with van der Waals surface area (Å²) in [6.07, 6.45) is -4.11. The maximum absolute atomic E-state index is 14.3. The summed E-state index contributed by atoms with van der Waals surface area (Å²) in [7, 11) is 0. The van der Waals surface area contributed by atoms with Gasteiger partial charge >= 0.3 is 6.18 Å². The van der Waals surface area contributed by atoms with Gasteiger partial charge in [0, 0.05) is 28.9 Å². The molecule has 0 radical (unpaired) electrons. The number of nitrogens with two attached hydrogens (primary N) is 1. The first-order valence-corrected chi connectivity index (χ1v) is 8.36. The molecule has 1 unspecified atom stereocenters. The maximum Gasteiger partial charge on any atom is 0.416 e. The zero-order chi connectivity index (χ0) is 20.5. The van der Waals surface area contributed by atoms with Crippen LogP contribution in [0.3, 0.4) is 0 Å². The Bertz CT molecular complexity index is 1010. The van der Waals surface area contributed by atoms with E-state index in [0.717, 1.165) is 18.2 Å². The maximum atomic E-state index is 14.3. The largest absolute Gasteiger partial charge is 0.416 e. The van der Waals surface area contributed by atoms with E-state index in [2.05, 4.69) is 5.32 Å². The third-order valence-corrected chi connectivity index (χ3v) is 4.49. The molecule has 3 rings (SSSR count). The van der Waals surface area contributed by atoms with E-state index in [0.29, 0.717) is 5.70 Å². The van der Waals surface area contributed by atoms with E-state index >= 15 is 0 Å². The molecule has 3 N–H and O–H groups in total. The number of rotatable bonds is 4. The van der Waals surface area contributed by atoms with Gasteiger partial charge in [0.15, 0.2) is 5.78 Å². The van der Waals surface area contributed by atoms with Gasteiger partial charge in [0.05, 0.1) is 23.2 Å². The van der Waals surface area contributed by atoms with Crippen molar-refractivity contribution in [1.82, 2.24) is 0 Å². The summed E-state index contributed by atoms with van der Waals surface area (Å²) in [6.45, 7) is 0. The topological polar surface area (TPSA) is 78.9 Å². The minimum atomic E-state index is -4.50. The summed E-state index contributed by atoms with van der Waals surface area (Å²) >= 11 is 0. The summed E-state index contributed by atoms with van der Waals surface area (Å²) in [6, 6.07) is 9.02. The third-order valence-electron chi connectivity index (χ3n) is 4.49. The van der Waals surface area contributed by atoms with Crippen LogP contribution in [0.15, 0.2) is 53.7 Å². The standard InChI is InChI=1S/C20H15F4N3O.ClH/c21-15-8-11(10-25)4-5-14(15)19(26)18-16(6-7-17(18)28)27-13-3-1-2-12(9-13)20(22,23)24;/h1-5,8-9,19,27H,6-7,26H2;1H. The Kier molecular flexibility index (Phi) is 6.67. The fourth-order valence-corrected chi connectivity index (χ4v) is 3.12. The van der Waals surface area contributed by atoms with E-state index in [1.54, 1.807) is 0 Å². The lowest BCUT2D eigenvalue weighted by Crippen LogP contribution is -2.20. The van der Waals surface area contributed by atoms with Gasteiger partial charge in [-0.15, -0.1) is 12.4 Å². The summed E-state index contributed by atoms with van der Waals surface area (Å²) in [5, 5.41) is 11.7. The number of anilines is 1. The molecular weight excluding hydrogens is 410 g/mol. The molecule has 29 heavy (non-hydrogen) atoms. The average molecular weight is 426 g/mol. The average Bonchev–Trinajstić information content (AvgIpc) is 3.00. The molecule has 4 nitrogen and oxygen atoms in total. The van der Waals surface area contributed by atoms with Crippen molar-refractivity contribution in [3.63, 3.8) is 0 Å². The first-order chi connectivity index (χ1) is 13.2. The molecule has 0 bridgehead atoms. The van der Waals surface area contributed by atoms with Gasteiger partial charge in [-0.25, -0.2) is 4.39 Å². The number of nitrogens with zero attached hydrogens (tertiary/aromatic N) is 1. The Morgan fingerprint density at radius 1 is 1.14 bits per heavy atom. The number of hydrogen-bond acceptors (Lipinski definition) is 4. The lowest BCUT2D eigenvalue weighted by atomic mass is 9.96. The van der Waals surface area contributed by atoms with Crippen LogP contribution in [0.25, 0.3) is 0 Å². The highest BCUT2D eigenvalue weighted by atomic mass is 35.5. The fourth-order valence-electron chi connectivity index (χ4n) is 3.12. The van der Waals surface area contributed by atoms with Gasteiger partial charge in [0.1, 0.15) is 5.82 Å². The molecule has 1 atom stereocenters. The van der Waals surface area contributed by atoms with Gasteiger partial charge in [-0.3, -0.25) is 4.79 Å². The molecule has 0 amide bonds. The van der Waals surface area contributed by atoms with Crippen LogP contribution in [0.1, 0.15) is 35.6 Å². The number of alkyl halides is 3. The number of benzene rings is 2. The molecule has 0 aromatic heterocycles. The number of carbonyl (C=O) groups is 1. The summed E-state index contributed by atoms with van der Waals surface area (Å²) in [5.74, 6) is -1.03. The van der Waals surface area contributed by atoms with Gasteiger partial charge in [0.2, 0.25) is 0 Å². The Labute approximate surface area is 170 Å².